The number of nitrogens with zero attached hydrogens (tertiary/aromatic N) is 1. The quantitative estimate of drug-likeness (QED) is 0.584. The van der Waals surface area contributed by atoms with Crippen LogP contribution >= 0.6 is 0 Å². The Hall–Kier alpha value is -2.15. The van der Waals surface area contributed by atoms with E-state index in [4.69, 9.17) is 9.47 Å². The Balaban J connectivity index is 2.98. The van der Waals surface area contributed by atoms with E-state index in [0.29, 0.717) is 6.61 Å². The van der Waals surface area contributed by atoms with Crippen LogP contribution in [0.3, 0.4) is 0 Å². The van der Waals surface area contributed by atoms with Crippen LogP contribution in [0, 0.1) is 0 Å². The number of aromatic amines is 1. The summed E-state index contributed by atoms with van der Waals surface area (Å²) in [4.78, 5) is 36.3. The number of hydrogen-bond acceptors (Lipinski definition) is 5. The van der Waals surface area contributed by atoms with Crippen LogP contribution in [-0.2, 0) is 21.0 Å². The Morgan fingerprint density at radius 2 is 2.11 bits per heavy atom. The minimum Gasteiger partial charge on any atom is -0.463 e. The van der Waals surface area contributed by atoms with E-state index in [0.717, 1.165) is 6.08 Å². The van der Waals surface area contributed by atoms with Gasteiger partial charge < -0.3 is 9.47 Å². The van der Waals surface area contributed by atoms with E-state index in [2.05, 4.69) is 4.98 Å². The number of aromatic nitrogens is 2. The summed E-state index contributed by atoms with van der Waals surface area (Å²) in [5.74, 6) is -0.551. The molecule has 1 rings (SSSR count). The van der Waals surface area contributed by atoms with Crippen molar-refractivity contribution in [1.29, 1.82) is 0 Å². The molecule has 19 heavy (non-hydrogen) atoms. The average molecular weight is 268 g/mol. The monoisotopic (exact) mass is 268 g/mol. The van der Waals surface area contributed by atoms with Gasteiger partial charge in [0.1, 0.15) is 6.73 Å². The number of carbonyl (C=O) groups is 1. The van der Waals surface area contributed by atoms with Gasteiger partial charge in [0.15, 0.2) is 0 Å². The van der Waals surface area contributed by atoms with Crippen LogP contribution in [0.1, 0.15) is 19.4 Å². The van der Waals surface area contributed by atoms with Crippen molar-refractivity contribution in [2.24, 2.45) is 0 Å². The molecule has 0 aliphatic rings. The predicted octanol–water partition coefficient (Wildman–Crippen LogP) is 0.107. The molecule has 0 saturated heterocycles. The Morgan fingerprint density at radius 3 is 2.74 bits per heavy atom. The van der Waals surface area contributed by atoms with Crippen LogP contribution in [0.5, 0.6) is 0 Å². The van der Waals surface area contributed by atoms with Crippen LogP contribution in [0.4, 0.5) is 0 Å². The van der Waals surface area contributed by atoms with E-state index in [-0.39, 0.29) is 18.9 Å². The zero-order valence-corrected chi connectivity index (χ0v) is 10.8. The highest BCUT2D eigenvalue weighted by Crippen LogP contribution is 1.94. The zero-order chi connectivity index (χ0) is 14.3. The maximum Gasteiger partial charge on any atom is 0.330 e. The normalized spacial score (nSPS) is 10.8. The summed E-state index contributed by atoms with van der Waals surface area (Å²) in [6.45, 7) is 4.20. The summed E-state index contributed by atoms with van der Waals surface area (Å²) in [5.41, 5.74) is -0.961. The van der Waals surface area contributed by atoms with Gasteiger partial charge in [-0.25, -0.2) is 9.59 Å². The molecule has 0 radical (unpaired) electrons. The average Bonchev–Trinajstić information content (AvgIpc) is 2.37. The van der Waals surface area contributed by atoms with Crippen LogP contribution in [0.2, 0.25) is 0 Å². The van der Waals surface area contributed by atoms with Crippen LogP contribution < -0.4 is 11.2 Å². The summed E-state index contributed by atoms with van der Waals surface area (Å²) < 4.78 is 11.0. The zero-order valence-electron chi connectivity index (χ0n) is 10.8. The Bertz CT molecular complexity index is 570. The Labute approximate surface area is 109 Å². The second-order valence-corrected chi connectivity index (χ2v) is 3.52. The van der Waals surface area contributed by atoms with Gasteiger partial charge in [0.25, 0.3) is 5.56 Å². The van der Waals surface area contributed by atoms with Gasteiger partial charge in [0.2, 0.25) is 0 Å². The van der Waals surface area contributed by atoms with E-state index in [1.807, 2.05) is 0 Å². The molecule has 1 N–H and O–H groups in total. The largest absolute Gasteiger partial charge is 0.463 e. The van der Waals surface area contributed by atoms with E-state index < -0.39 is 17.2 Å². The lowest BCUT2D eigenvalue weighted by molar-refractivity contribution is -0.137. The third-order valence-corrected chi connectivity index (χ3v) is 2.16. The molecular weight excluding hydrogens is 252 g/mol. The van der Waals surface area contributed by atoms with Gasteiger partial charge in [-0.05, 0) is 19.9 Å². The Morgan fingerprint density at radius 1 is 1.37 bits per heavy atom. The molecule has 0 unspecified atom stereocenters. The molecule has 0 spiro atoms. The summed E-state index contributed by atoms with van der Waals surface area (Å²) in [7, 11) is 0. The van der Waals surface area contributed by atoms with Gasteiger partial charge in [-0.3, -0.25) is 14.3 Å². The van der Waals surface area contributed by atoms with Crippen LogP contribution in [0.25, 0.3) is 6.08 Å². The molecule has 0 aliphatic carbocycles. The van der Waals surface area contributed by atoms with Crippen molar-refractivity contribution in [2.45, 2.75) is 20.6 Å². The predicted molar refractivity (Wildman–Crippen MR) is 68.6 cm³/mol. The fraction of sp³-hybridized carbons (Fsp3) is 0.417. The van der Waals surface area contributed by atoms with E-state index in [1.165, 1.54) is 16.8 Å². The molecule has 7 nitrogen and oxygen atoms in total. The number of ether oxygens (including phenoxy) is 2. The molecule has 0 aliphatic heterocycles. The van der Waals surface area contributed by atoms with E-state index >= 15 is 0 Å². The maximum atomic E-state index is 11.5. The summed E-state index contributed by atoms with van der Waals surface area (Å²) >= 11 is 0. The highest BCUT2D eigenvalue weighted by Gasteiger charge is 2.03. The fourth-order valence-corrected chi connectivity index (χ4v) is 1.28. The smallest absolute Gasteiger partial charge is 0.330 e. The number of hydrogen-bond donors (Lipinski definition) is 1. The first-order valence-electron chi connectivity index (χ1n) is 5.84. The van der Waals surface area contributed by atoms with Gasteiger partial charge in [-0.15, -0.1) is 0 Å². The topological polar surface area (TPSA) is 90.4 Å². The van der Waals surface area contributed by atoms with E-state index in [1.54, 1.807) is 13.8 Å². The lowest BCUT2D eigenvalue weighted by atomic mass is 10.3. The molecule has 1 aromatic heterocycles. The van der Waals surface area contributed by atoms with E-state index in [9.17, 15) is 14.4 Å². The molecule has 0 atom stereocenters. The number of esters is 1. The van der Waals surface area contributed by atoms with Crippen molar-refractivity contribution >= 4 is 12.0 Å². The van der Waals surface area contributed by atoms with Crippen LogP contribution in [-0.4, -0.2) is 28.7 Å². The molecule has 0 amide bonds. The number of rotatable bonds is 6. The highest BCUT2D eigenvalue weighted by atomic mass is 16.5. The molecule has 7 heteroatoms. The molecule has 0 aromatic carbocycles. The molecule has 1 aromatic rings. The number of carbonyl (C=O) groups excluding carboxylic acids is 1. The fourth-order valence-electron chi connectivity index (χ4n) is 1.28. The third-order valence-electron chi connectivity index (χ3n) is 2.16. The molecule has 1 heterocycles. The van der Waals surface area contributed by atoms with Crippen molar-refractivity contribution in [3.05, 3.63) is 38.7 Å². The van der Waals surface area contributed by atoms with Crippen molar-refractivity contribution in [3.63, 3.8) is 0 Å². The summed E-state index contributed by atoms with van der Waals surface area (Å²) in [5, 5.41) is 0. The van der Waals surface area contributed by atoms with Crippen LogP contribution in [0.15, 0.2) is 21.9 Å². The van der Waals surface area contributed by atoms with Gasteiger partial charge in [0.05, 0.1) is 12.2 Å². The van der Waals surface area contributed by atoms with Crippen molar-refractivity contribution in [1.82, 2.24) is 9.55 Å². The first-order chi connectivity index (χ1) is 9.08. The van der Waals surface area contributed by atoms with Gasteiger partial charge in [0, 0.05) is 18.9 Å². The molecule has 0 bridgehead atoms. The lowest BCUT2D eigenvalue weighted by Crippen LogP contribution is -2.31. The number of nitrogens with one attached hydrogen (secondary N) is 1. The van der Waals surface area contributed by atoms with Gasteiger partial charge >= 0.3 is 11.7 Å². The summed E-state index contributed by atoms with van der Waals surface area (Å²) in [6.07, 6.45) is 3.74. The second-order valence-electron chi connectivity index (χ2n) is 3.52. The molecule has 0 saturated carbocycles. The number of H-pyrrole nitrogens is 1. The highest BCUT2D eigenvalue weighted by molar-refractivity contribution is 5.86. The maximum absolute atomic E-state index is 11.5. The first-order valence-corrected chi connectivity index (χ1v) is 5.84. The molecular formula is C12H16N2O5. The van der Waals surface area contributed by atoms with Gasteiger partial charge in [-0.1, -0.05) is 0 Å². The van der Waals surface area contributed by atoms with Crippen molar-refractivity contribution in [2.75, 3.05) is 13.2 Å². The lowest BCUT2D eigenvalue weighted by Gasteiger charge is -2.05. The first kappa shape index (κ1) is 14.9. The second kappa shape index (κ2) is 7.32. The van der Waals surface area contributed by atoms with Crippen molar-refractivity contribution < 1.29 is 14.3 Å². The minimum absolute atomic E-state index is 0.0341. The molecule has 104 valence electrons. The third kappa shape index (κ3) is 4.55. The summed E-state index contributed by atoms with van der Waals surface area (Å²) in [6, 6.07) is 0. The van der Waals surface area contributed by atoms with Gasteiger partial charge in [-0.2, -0.15) is 0 Å². The Kier molecular flexibility index (Phi) is 5.74. The minimum atomic E-state index is -0.571. The van der Waals surface area contributed by atoms with Crippen molar-refractivity contribution in [3.8, 4) is 0 Å². The molecule has 0 fully saturated rings. The SMILES string of the molecule is CCOCn1cc(C=CC(=O)OCC)c(=O)[nH]c1=O. The standard InChI is InChI=1S/C12H16N2O5/c1-3-18-8-14-7-9(11(16)13-12(14)17)5-6-10(15)19-4-2/h5-7H,3-4,8H2,1-2H3,(H,13,16,17).